The van der Waals surface area contributed by atoms with Crippen molar-refractivity contribution in [1.82, 2.24) is 0 Å². The lowest BCUT2D eigenvalue weighted by Gasteiger charge is -2.42. The quantitative estimate of drug-likeness (QED) is 0.724. The van der Waals surface area contributed by atoms with Crippen molar-refractivity contribution in [1.29, 1.82) is 0 Å². The topological polar surface area (TPSA) is 24.5 Å². The molecule has 0 aliphatic carbocycles. The highest BCUT2D eigenvalue weighted by molar-refractivity contribution is 5.74. The van der Waals surface area contributed by atoms with Crippen LogP contribution in [-0.2, 0) is 4.74 Å². The molecular weight excluding hydrogens is 207 g/mol. The first-order valence-corrected chi connectivity index (χ1v) is 5.64. The van der Waals surface area contributed by atoms with Crippen LogP contribution in [-0.4, -0.2) is 32.3 Å². The molecule has 16 heavy (non-hydrogen) atoms. The van der Waals surface area contributed by atoms with E-state index in [1.54, 1.807) is 13.0 Å². The molecule has 0 saturated carbocycles. The SMILES string of the molecule is Cc1cc2c(cc1F)NCC1COCCN21. The first-order valence-electron chi connectivity index (χ1n) is 5.64. The molecular formula is C12H15FN2O. The standard InChI is InChI=1S/C12H15FN2O/c1-8-4-12-11(5-10(8)13)14-6-9-7-16-3-2-15(9)12/h4-5,9,14H,2-3,6-7H2,1H3. The summed E-state index contributed by atoms with van der Waals surface area (Å²) in [5, 5.41) is 3.27. The van der Waals surface area contributed by atoms with Crippen molar-refractivity contribution in [2.75, 3.05) is 36.5 Å². The third-order valence-corrected chi connectivity index (χ3v) is 3.34. The number of hydrogen-bond donors (Lipinski definition) is 1. The summed E-state index contributed by atoms with van der Waals surface area (Å²) in [5.41, 5.74) is 2.72. The van der Waals surface area contributed by atoms with Crippen LogP contribution < -0.4 is 10.2 Å². The smallest absolute Gasteiger partial charge is 0.128 e. The van der Waals surface area contributed by atoms with Crippen LogP contribution >= 0.6 is 0 Å². The second-order valence-corrected chi connectivity index (χ2v) is 4.42. The van der Waals surface area contributed by atoms with Gasteiger partial charge in [-0.2, -0.15) is 0 Å². The molecule has 0 radical (unpaired) electrons. The van der Waals surface area contributed by atoms with Crippen molar-refractivity contribution in [3.63, 3.8) is 0 Å². The fourth-order valence-electron chi connectivity index (χ4n) is 2.41. The number of aryl methyl sites for hydroxylation is 1. The first-order chi connectivity index (χ1) is 7.75. The van der Waals surface area contributed by atoms with Crippen molar-refractivity contribution in [3.05, 3.63) is 23.5 Å². The number of nitrogens with one attached hydrogen (secondary N) is 1. The monoisotopic (exact) mass is 222 g/mol. The summed E-state index contributed by atoms with van der Waals surface area (Å²) in [6.45, 7) is 5.04. The van der Waals surface area contributed by atoms with E-state index in [-0.39, 0.29) is 5.82 Å². The Morgan fingerprint density at radius 3 is 3.25 bits per heavy atom. The maximum Gasteiger partial charge on any atom is 0.128 e. The minimum atomic E-state index is -0.141. The highest BCUT2D eigenvalue weighted by Gasteiger charge is 2.29. The van der Waals surface area contributed by atoms with Gasteiger partial charge in [0.05, 0.1) is 30.6 Å². The minimum Gasteiger partial charge on any atom is -0.381 e. The predicted molar refractivity (Wildman–Crippen MR) is 61.6 cm³/mol. The summed E-state index contributed by atoms with van der Waals surface area (Å²) in [5.74, 6) is -0.141. The Bertz CT molecular complexity index is 422. The van der Waals surface area contributed by atoms with E-state index in [0.29, 0.717) is 11.6 Å². The van der Waals surface area contributed by atoms with E-state index in [1.807, 2.05) is 6.07 Å². The lowest BCUT2D eigenvalue weighted by Crippen LogP contribution is -2.51. The van der Waals surface area contributed by atoms with Crippen LogP contribution in [0.4, 0.5) is 15.8 Å². The molecule has 2 aliphatic heterocycles. The molecule has 2 heterocycles. The molecule has 2 aliphatic rings. The number of hydrogen-bond acceptors (Lipinski definition) is 3. The van der Waals surface area contributed by atoms with Gasteiger partial charge in [0.15, 0.2) is 0 Å². The molecule has 3 nitrogen and oxygen atoms in total. The van der Waals surface area contributed by atoms with Gasteiger partial charge < -0.3 is 15.0 Å². The number of halogens is 1. The molecule has 3 rings (SSSR count). The average molecular weight is 222 g/mol. The van der Waals surface area contributed by atoms with Crippen molar-refractivity contribution in [2.45, 2.75) is 13.0 Å². The molecule has 4 heteroatoms. The van der Waals surface area contributed by atoms with Crippen molar-refractivity contribution < 1.29 is 9.13 Å². The number of fused-ring (bicyclic) bond motifs is 3. The Balaban J connectivity index is 2.04. The lowest BCUT2D eigenvalue weighted by molar-refractivity contribution is 0.0964. The number of nitrogens with zero attached hydrogens (tertiary/aromatic N) is 1. The zero-order valence-corrected chi connectivity index (χ0v) is 9.29. The van der Waals surface area contributed by atoms with E-state index in [1.165, 1.54) is 0 Å². The largest absolute Gasteiger partial charge is 0.381 e. The van der Waals surface area contributed by atoms with Gasteiger partial charge in [0, 0.05) is 13.1 Å². The van der Waals surface area contributed by atoms with Crippen LogP contribution in [0.3, 0.4) is 0 Å². The van der Waals surface area contributed by atoms with Gasteiger partial charge >= 0.3 is 0 Å². The number of rotatable bonds is 0. The Kier molecular flexibility index (Phi) is 2.24. The fourth-order valence-corrected chi connectivity index (χ4v) is 2.41. The second-order valence-electron chi connectivity index (χ2n) is 4.42. The fraction of sp³-hybridized carbons (Fsp3) is 0.500. The van der Waals surface area contributed by atoms with Crippen LogP contribution in [0.25, 0.3) is 0 Å². The number of morpholine rings is 1. The maximum atomic E-state index is 13.4. The van der Waals surface area contributed by atoms with Crippen LogP contribution in [0.2, 0.25) is 0 Å². The molecule has 0 aromatic heterocycles. The number of benzene rings is 1. The Morgan fingerprint density at radius 2 is 2.38 bits per heavy atom. The van der Waals surface area contributed by atoms with Gasteiger partial charge in [-0.15, -0.1) is 0 Å². The molecule has 1 atom stereocenters. The Labute approximate surface area is 94.2 Å². The highest BCUT2D eigenvalue weighted by Crippen LogP contribution is 2.34. The molecule has 1 unspecified atom stereocenters. The van der Waals surface area contributed by atoms with Crippen molar-refractivity contribution in [2.24, 2.45) is 0 Å². The molecule has 1 aromatic carbocycles. The normalized spacial score (nSPS) is 23.4. The summed E-state index contributed by atoms with van der Waals surface area (Å²) in [7, 11) is 0. The molecule has 1 fully saturated rings. The molecule has 0 spiro atoms. The zero-order valence-electron chi connectivity index (χ0n) is 9.29. The molecule has 1 saturated heterocycles. The average Bonchev–Trinajstić information content (AvgIpc) is 2.31. The van der Waals surface area contributed by atoms with E-state index in [9.17, 15) is 4.39 Å². The van der Waals surface area contributed by atoms with Crippen LogP contribution in [0.1, 0.15) is 5.56 Å². The zero-order chi connectivity index (χ0) is 11.1. The predicted octanol–water partition coefficient (Wildman–Crippen LogP) is 1.76. The number of anilines is 2. The summed E-state index contributed by atoms with van der Waals surface area (Å²) >= 11 is 0. The van der Waals surface area contributed by atoms with Crippen molar-refractivity contribution in [3.8, 4) is 0 Å². The van der Waals surface area contributed by atoms with E-state index in [2.05, 4.69) is 10.2 Å². The Morgan fingerprint density at radius 1 is 1.50 bits per heavy atom. The van der Waals surface area contributed by atoms with Gasteiger partial charge in [-0.3, -0.25) is 0 Å². The third kappa shape index (κ3) is 1.45. The van der Waals surface area contributed by atoms with Crippen LogP contribution in [0.15, 0.2) is 12.1 Å². The van der Waals surface area contributed by atoms with E-state index < -0.39 is 0 Å². The van der Waals surface area contributed by atoms with Gasteiger partial charge in [0.25, 0.3) is 0 Å². The summed E-state index contributed by atoms with van der Waals surface area (Å²) in [4.78, 5) is 2.32. The first kappa shape index (κ1) is 9.90. The minimum absolute atomic E-state index is 0.141. The molecule has 0 amide bonds. The van der Waals surface area contributed by atoms with Gasteiger partial charge in [-0.1, -0.05) is 0 Å². The highest BCUT2D eigenvalue weighted by atomic mass is 19.1. The van der Waals surface area contributed by atoms with Gasteiger partial charge in [-0.05, 0) is 24.6 Å². The van der Waals surface area contributed by atoms with E-state index in [0.717, 1.165) is 37.7 Å². The maximum absolute atomic E-state index is 13.4. The molecule has 0 bridgehead atoms. The lowest BCUT2D eigenvalue weighted by atomic mass is 10.1. The summed E-state index contributed by atoms with van der Waals surface area (Å²) in [6, 6.07) is 3.90. The number of ether oxygens (including phenoxy) is 1. The van der Waals surface area contributed by atoms with Gasteiger partial charge in [0.1, 0.15) is 5.82 Å². The second kappa shape index (κ2) is 3.63. The summed E-state index contributed by atoms with van der Waals surface area (Å²) < 4.78 is 18.9. The van der Waals surface area contributed by atoms with Crippen molar-refractivity contribution >= 4 is 11.4 Å². The van der Waals surface area contributed by atoms with E-state index >= 15 is 0 Å². The molecule has 1 N–H and O–H groups in total. The third-order valence-electron chi connectivity index (χ3n) is 3.34. The summed E-state index contributed by atoms with van der Waals surface area (Å²) in [6.07, 6.45) is 0. The van der Waals surface area contributed by atoms with E-state index in [4.69, 9.17) is 4.74 Å². The molecule has 86 valence electrons. The molecule has 1 aromatic rings. The van der Waals surface area contributed by atoms with Crippen LogP contribution in [0.5, 0.6) is 0 Å². The van der Waals surface area contributed by atoms with Crippen LogP contribution in [0, 0.1) is 12.7 Å². The Hall–Kier alpha value is -1.29. The van der Waals surface area contributed by atoms with Gasteiger partial charge in [0.2, 0.25) is 0 Å². The van der Waals surface area contributed by atoms with Gasteiger partial charge in [-0.25, -0.2) is 4.39 Å².